The van der Waals surface area contributed by atoms with E-state index in [1.165, 1.54) is 7.11 Å². The Morgan fingerprint density at radius 2 is 2.15 bits per heavy atom. The first-order valence-corrected chi connectivity index (χ1v) is 7.39. The molecule has 0 unspecified atom stereocenters. The van der Waals surface area contributed by atoms with Gasteiger partial charge in [-0.05, 0) is 18.9 Å². The average Bonchev–Trinajstić information content (AvgIpc) is 2.47. The van der Waals surface area contributed by atoms with Gasteiger partial charge in [0.1, 0.15) is 10.6 Å². The van der Waals surface area contributed by atoms with Gasteiger partial charge in [-0.25, -0.2) is 8.42 Å². The Morgan fingerprint density at radius 1 is 1.40 bits per heavy atom. The van der Waals surface area contributed by atoms with Crippen LogP contribution in [0.15, 0.2) is 23.1 Å². The lowest BCUT2D eigenvalue weighted by molar-refractivity contribution is -0.385. The molecule has 0 bridgehead atoms. The molecule has 0 aliphatic carbocycles. The molecule has 1 heterocycles. The molecule has 1 aliphatic heterocycles. The molecule has 1 aliphatic rings. The lowest BCUT2D eigenvalue weighted by atomic mass is 10.3. The van der Waals surface area contributed by atoms with E-state index >= 15 is 0 Å². The summed E-state index contributed by atoms with van der Waals surface area (Å²) in [5.41, 5.74) is -0.236. The number of sulfonamides is 1. The van der Waals surface area contributed by atoms with Crippen LogP contribution in [0.2, 0.25) is 0 Å². The number of methoxy groups -OCH3 is 1. The van der Waals surface area contributed by atoms with Crippen LogP contribution in [0.1, 0.15) is 12.8 Å². The summed E-state index contributed by atoms with van der Waals surface area (Å²) in [6.07, 6.45) is 1.50. The molecule has 110 valence electrons. The molecule has 1 saturated heterocycles. The maximum Gasteiger partial charge on any atom is 0.273 e. The summed E-state index contributed by atoms with van der Waals surface area (Å²) in [7, 11) is -2.62. The van der Waals surface area contributed by atoms with Crippen molar-refractivity contribution in [3.63, 3.8) is 0 Å². The highest BCUT2D eigenvalue weighted by Crippen LogP contribution is 2.31. The van der Waals surface area contributed by atoms with E-state index in [9.17, 15) is 18.5 Å². The van der Waals surface area contributed by atoms with Gasteiger partial charge in [0.15, 0.2) is 0 Å². The monoisotopic (exact) mass is 302 g/mol. The van der Waals surface area contributed by atoms with Crippen molar-refractivity contribution < 1.29 is 22.9 Å². The summed E-state index contributed by atoms with van der Waals surface area (Å²) in [5, 5.41) is 10.7. The van der Waals surface area contributed by atoms with Crippen molar-refractivity contribution in [2.24, 2.45) is 0 Å². The van der Waals surface area contributed by atoms with Crippen LogP contribution in [0, 0.1) is 10.1 Å². The Hall–Kier alpha value is -1.71. The van der Waals surface area contributed by atoms with E-state index in [0.717, 1.165) is 29.1 Å². The van der Waals surface area contributed by atoms with Crippen LogP contribution < -0.4 is 4.74 Å². The van der Waals surface area contributed by atoms with Gasteiger partial charge < -0.3 is 4.74 Å². The predicted octanol–water partition coefficient (Wildman–Crippen LogP) is 1.32. The van der Waals surface area contributed by atoms with Crippen molar-refractivity contribution in [1.29, 1.82) is 0 Å². The largest absolute Gasteiger partial charge is 0.495 e. The number of ether oxygens (including phenoxy) is 1. The fraction of sp³-hybridized carbons (Fsp3) is 0.455. The quantitative estimate of drug-likeness (QED) is 0.614. The van der Waals surface area contributed by atoms with Gasteiger partial charge in [-0.2, -0.15) is 0 Å². The second-order valence-corrected chi connectivity index (χ2v) is 5.96. The van der Waals surface area contributed by atoms with E-state index in [1.807, 2.05) is 0 Å². The molecule has 1 aromatic rings. The minimum Gasteiger partial charge on any atom is -0.495 e. The van der Waals surface area contributed by atoms with Crippen LogP contribution in [-0.4, -0.2) is 38.1 Å². The molecule has 1 aromatic carbocycles. The van der Waals surface area contributed by atoms with Crippen LogP contribution >= 0.6 is 0 Å². The normalized spacial score (nSPS) is 16.9. The van der Waals surface area contributed by atoms with Crippen molar-refractivity contribution in [1.82, 2.24) is 4.47 Å². The van der Waals surface area contributed by atoms with E-state index in [1.54, 1.807) is 0 Å². The third kappa shape index (κ3) is 2.74. The second kappa shape index (κ2) is 5.73. The lowest BCUT2D eigenvalue weighted by Crippen LogP contribution is -2.35. The molecule has 0 amide bonds. The zero-order valence-electron chi connectivity index (χ0n) is 10.8. The van der Waals surface area contributed by atoms with Gasteiger partial charge >= 0.3 is 0 Å². The summed E-state index contributed by atoms with van der Waals surface area (Å²) in [4.78, 5) is 15.1. The molecule has 2 rings (SSSR count). The van der Waals surface area contributed by atoms with Crippen LogP contribution in [-0.2, 0) is 14.9 Å². The van der Waals surface area contributed by atoms with Crippen molar-refractivity contribution >= 4 is 15.7 Å². The van der Waals surface area contributed by atoms with Gasteiger partial charge in [0, 0.05) is 12.6 Å². The number of rotatable bonds is 4. The number of non-ortho nitro benzene ring substituents is 1. The van der Waals surface area contributed by atoms with Crippen molar-refractivity contribution in [2.75, 3.05) is 20.3 Å². The van der Waals surface area contributed by atoms with Gasteiger partial charge in [-0.3, -0.25) is 15.0 Å². The summed E-state index contributed by atoms with van der Waals surface area (Å²) in [6.45, 7) is 0.580. The fourth-order valence-electron chi connectivity index (χ4n) is 1.86. The van der Waals surface area contributed by atoms with Crippen molar-refractivity contribution in [3.8, 4) is 5.75 Å². The molecular weight excluding hydrogens is 288 g/mol. The summed E-state index contributed by atoms with van der Waals surface area (Å²) in [5.74, 6) is -0.0756. The zero-order chi connectivity index (χ0) is 14.8. The number of hydrogen-bond donors (Lipinski definition) is 0. The molecule has 0 spiro atoms. The Morgan fingerprint density at radius 3 is 2.70 bits per heavy atom. The van der Waals surface area contributed by atoms with Crippen LogP contribution in [0.4, 0.5) is 5.69 Å². The van der Waals surface area contributed by atoms with Gasteiger partial charge in [0.25, 0.3) is 15.7 Å². The van der Waals surface area contributed by atoms with Gasteiger partial charge in [-0.15, -0.1) is 0 Å². The molecule has 20 heavy (non-hydrogen) atoms. The van der Waals surface area contributed by atoms with Crippen LogP contribution in [0.5, 0.6) is 5.75 Å². The topological polar surface area (TPSA) is 99.0 Å². The minimum absolute atomic E-state index is 0.0756. The molecule has 0 aromatic heterocycles. The predicted molar refractivity (Wildman–Crippen MR) is 68.7 cm³/mol. The fourth-order valence-corrected chi connectivity index (χ4v) is 3.29. The summed E-state index contributed by atoms with van der Waals surface area (Å²) >= 11 is 0. The smallest absolute Gasteiger partial charge is 0.273 e. The van der Waals surface area contributed by atoms with E-state index in [-0.39, 0.29) is 22.9 Å². The van der Waals surface area contributed by atoms with Crippen molar-refractivity contribution in [3.05, 3.63) is 28.3 Å². The molecule has 0 N–H and O–H groups in total. The first-order chi connectivity index (χ1) is 9.46. The summed E-state index contributed by atoms with van der Waals surface area (Å²) in [6, 6.07) is 3.36. The summed E-state index contributed by atoms with van der Waals surface area (Å²) < 4.78 is 30.6. The Kier molecular flexibility index (Phi) is 4.21. The highest BCUT2D eigenvalue weighted by atomic mass is 32.2. The highest BCUT2D eigenvalue weighted by Gasteiger charge is 2.31. The van der Waals surface area contributed by atoms with Gasteiger partial charge in [-0.1, -0.05) is 4.47 Å². The molecule has 1 fully saturated rings. The molecule has 0 atom stereocenters. The second-order valence-electron chi connectivity index (χ2n) is 4.16. The minimum atomic E-state index is -3.88. The van der Waals surface area contributed by atoms with Gasteiger partial charge in [0.2, 0.25) is 0 Å². The van der Waals surface area contributed by atoms with Crippen LogP contribution in [0.25, 0.3) is 0 Å². The number of nitro benzene ring substituents is 1. The number of nitrogens with zero attached hydrogens (tertiary/aromatic N) is 2. The molecule has 8 nitrogen and oxygen atoms in total. The van der Waals surface area contributed by atoms with E-state index < -0.39 is 14.9 Å². The maximum absolute atomic E-state index is 12.4. The molecule has 0 radical (unpaired) electrons. The number of hydrogen-bond acceptors (Lipinski definition) is 6. The third-order valence-corrected chi connectivity index (χ3v) is 4.59. The third-order valence-electron chi connectivity index (χ3n) is 2.87. The average molecular weight is 302 g/mol. The van der Waals surface area contributed by atoms with Crippen molar-refractivity contribution in [2.45, 2.75) is 17.7 Å². The Balaban J connectivity index is 2.42. The SMILES string of the molecule is COc1cc([N+](=O)[O-])ccc1S(=O)(=O)N1CCCCO1. The number of hydroxylamine groups is 1. The Labute approximate surface area is 116 Å². The first kappa shape index (κ1) is 14.7. The highest BCUT2D eigenvalue weighted by molar-refractivity contribution is 7.89. The Bertz CT molecular complexity index is 609. The van der Waals surface area contributed by atoms with E-state index in [4.69, 9.17) is 9.57 Å². The maximum atomic E-state index is 12.4. The molecular formula is C11H14N2O6S. The zero-order valence-corrected chi connectivity index (χ0v) is 11.6. The van der Waals surface area contributed by atoms with E-state index in [2.05, 4.69) is 0 Å². The molecule has 0 saturated carbocycles. The molecule has 9 heteroatoms. The van der Waals surface area contributed by atoms with Crippen LogP contribution in [0.3, 0.4) is 0 Å². The van der Waals surface area contributed by atoms with Gasteiger partial charge in [0.05, 0.1) is 24.7 Å². The number of benzene rings is 1. The lowest BCUT2D eigenvalue weighted by Gasteiger charge is -2.25. The number of nitro groups is 1. The first-order valence-electron chi connectivity index (χ1n) is 5.95. The standard InChI is InChI=1S/C11H14N2O6S/c1-18-10-8-9(13(14)15)4-5-11(10)20(16,17)12-6-2-3-7-19-12/h4-5,8H,2-3,6-7H2,1H3. The van der Waals surface area contributed by atoms with E-state index in [0.29, 0.717) is 13.0 Å².